The number of carbonyl (C=O) groups is 1. The maximum atomic E-state index is 12.3. The largest absolute Gasteiger partial charge is 0.394 e. The molecule has 5 nitrogen and oxygen atoms in total. The molecule has 0 aliphatic heterocycles. The summed E-state index contributed by atoms with van der Waals surface area (Å²) in [6.07, 6.45) is 30.4. The predicted octanol–water partition coefficient (Wildman–Crippen LogP) is 8.76. The van der Waals surface area contributed by atoms with Gasteiger partial charge < -0.3 is 20.6 Å². The number of hydrogen-bond donors (Lipinski definition) is 4. The second kappa shape index (κ2) is 30.3. The number of carbonyl (C=O) groups excluding carboxylic acids is 1. The Hall–Kier alpha value is -0.650. The zero-order valence-electron chi connectivity index (χ0n) is 26.3. The zero-order valence-corrected chi connectivity index (χ0v) is 26.3. The van der Waals surface area contributed by atoms with Crippen LogP contribution in [-0.4, -0.2) is 46.1 Å². The molecule has 0 aromatic rings. The normalized spacial score (nSPS) is 13.9. The smallest absolute Gasteiger partial charge is 0.220 e. The molecular formula is C34H69NO4. The van der Waals surface area contributed by atoms with E-state index in [-0.39, 0.29) is 12.5 Å². The molecule has 0 aromatic carbocycles. The molecule has 0 aliphatic carbocycles. The van der Waals surface area contributed by atoms with Gasteiger partial charge in [-0.15, -0.1) is 0 Å². The van der Waals surface area contributed by atoms with Gasteiger partial charge in [-0.25, -0.2) is 0 Å². The SMILES string of the molecule is CCCCCCCCCCCCCCCC(=O)N[C@H](CO)[C@H](O)[C@@H](O)CCCCCCCCCCCCCC. The summed E-state index contributed by atoms with van der Waals surface area (Å²) in [5, 5.41) is 33.2. The lowest BCUT2D eigenvalue weighted by Crippen LogP contribution is -2.50. The molecule has 4 N–H and O–H groups in total. The summed E-state index contributed by atoms with van der Waals surface area (Å²) in [4.78, 5) is 12.3. The van der Waals surface area contributed by atoms with E-state index in [1.165, 1.54) is 122 Å². The molecule has 39 heavy (non-hydrogen) atoms. The van der Waals surface area contributed by atoms with Crippen LogP contribution in [0.4, 0.5) is 0 Å². The topological polar surface area (TPSA) is 89.8 Å². The van der Waals surface area contributed by atoms with Gasteiger partial charge >= 0.3 is 0 Å². The number of rotatable bonds is 31. The van der Waals surface area contributed by atoms with Gasteiger partial charge in [0.25, 0.3) is 0 Å². The lowest BCUT2D eigenvalue weighted by molar-refractivity contribution is -0.124. The van der Waals surface area contributed by atoms with Crippen molar-refractivity contribution in [3.63, 3.8) is 0 Å². The van der Waals surface area contributed by atoms with E-state index in [4.69, 9.17) is 0 Å². The summed E-state index contributed by atoms with van der Waals surface area (Å²) in [6.45, 7) is 4.15. The van der Waals surface area contributed by atoms with Crippen molar-refractivity contribution in [3.8, 4) is 0 Å². The lowest BCUT2D eigenvalue weighted by atomic mass is 9.99. The minimum absolute atomic E-state index is 0.145. The van der Waals surface area contributed by atoms with Gasteiger partial charge in [-0.1, -0.05) is 168 Å². The Labute approximate surface area is 243 Å². The minimum atomic E-state index is -1.13. The van der Waals surface area contributed by atoms with Gasteiger partial charge in [0.1, 0.15) is 6.10 Å². The molecule has 0 spiro atoms. The first-order valence-electron chi connectivity index (χ1n) is 17.3. The van der Waals surface area contributed by atoms with Crippen LogP contribution in [0.15, 0.2) is 0 Å². The molecule has 5 heteroatoms. The molecular weight excluding hydrogens is 486 g/mol. The Bertz CT molecular complexity index is 502. The van der Waals surface area contributed by atoms with Crippen LogP contribution in [0.5, 0.6) is 0 Å². The molecule has 0 aromatic heterocycles. The zero-order chi connectivity index (χ0) is 28.8. The van der Waals surface area contributed by atoms with Crippen LogP contribution in [0.1, 0.15) is 187 Å². The summed E-state index contributed by atoms with van der Waals surface area (Å²) < 4.78 is 0. The molecule has 0 rings (SSSR count). The predicted molar refractivity (Wildman–Crippen MR) is 167 cm³/mol. The summed E-state index contributed by atoms with van der Waals surface area (Å²) in [5.41, 5.74) is 0. The van der Waals surface area contributed by atoms with Gasteiger partial charge in [0.2, 0.25) is 5.91 Å². The maximum absolute atomic E-state index is 12.3. The Kier molecular flexibility index (Phi) is 29.8. The standard InChI is InChI=1S/C34H69NO4/c1-3-5-7-9-11-13-15-17-19-21-23-25-27-29-33(38)35-31(30-36)34(39)32(37)28-26-24-22-20-18-16-14-12-10-8-6-4-2/h31-32,34,36-37,39H,3-30H2,1-2H3,(H,35,38)/t31-,32+,34+/m1/s1. The summed E-state index contributed by atoms with van der Waals surface area (Å²) in [7, 11) is 0. The highest BCUT2D eigenvalue weighted by Crippen LogP contribution is 2.16. The number of hydrogen-bond acceptors (Lipinski definition) is 4. The maximum Gasteiger partial charge on any atom is 0.220 e. The summed E-state index contributed by atoms with van der Waals surface area (Å²) in [6, 6.07) is -0.799. The van der Waals surface area contributed by atoms with Gasteiger partial charge in [0.15, 0.2) is 0 Å². The van der Waals surface area contributed by atoms with Crippen LogP contribution in [-0.2, 0) is 4.79 Å². The Morgan fingerprint density at radius 3 is 1.23 bits per heavy atom. The van der Waals surface area contributed by atoms with Crippen molar-refractivity contribution >= 4 is 5.91 Å². The Morgan fingerprint density at radius 1 is 0.538 bits per heavy atom. The molecule has 0 aliphatic rings. The van der Waals surface area contributed by atoms with Crippen LogP contribution in [0, 0.1) is 0 Å². The quantitative estimate of drug-likeness (QED) is 0.0644. The van der Waals surface area contributed by atoms with E-state index in [1.807, 2.05) is 0 Å². The highest BCUT2D eigenvalue weighted by molar-refractivity contribution is 5.76. The third kappa shape index (κ3) is 26.0. The van der Waals surface area contributed by atoms with Crippen molar-refractivity contribution in [2.24, 2.45) is 0 Å². The first-order valence-corrected chi connectivity index (χ1v) is 17.3. The molecule has 3 atom stereocenters. The monoisotopic (exact) mass is 556 g/mol. The van der Waals surface area contributed by atoms with E-state index in [0.29, 0.717) is 12.8 Å². The van der Waals surface area contributed by atoms with Crippen LogP contribution >= 0.6 is 0 Å². The van der Waals surface area contributed by atoms with E-state index in [9.17, 15) is 20.1 Å². The van der Waals surface area contributed by atoms with Crippen molar-refractivity contribution in [2.45, 2.75) is 205 Å². The summed E-state index contributed by atoms with van der Waals surface area (Å²) in [5.74, 6) is -0.145. The Morgan fingerprint density at radius 2 is 0.872 bits per heavy atom. The third-order valence-corrected chi connectivity index (χ3v) is 8.21. The first-order chi connectivity index (χ1) is 19.1. The van der Waals surface area contributed by atoms with Gasteiger partial charge in [0.05, 0.1) is 18.8 Å². The van der Waals surface area contributed by atoms with E-state index in [1.54, 1.807) is 0 Å². The average molecular weight is 556 g/mol. The number of amides is 1. The lowest BCUT2D eigenvalue weighted by Gasteiger charge is -2.26. The van der Waals surface area contributed by atoms with Gasteiger partial charge in [-0.05, 0) is 12.8 Å². The van der Waals surface area contributed by atoms with E-state index < -0.39 is 18.2 Å². The Balaban J connectivity index is 3.69. The highest BCUT2D eigenvalue weighted by Gasteiger charge is 2.26. The minimum Gasteiger partial charge on any atom is -0.394 e. The fraction of sp³-hybridized carbons (Fsp3) is 0.971. The summed E-state index contributed by atoms with van der Waals surface area (Å²) >= 11 is 0. The van der Waals surface area contributed by atoms with Crippen molar-refractivity contribution in [2.75, 3.05) is 6.61 Å². The van der Waals surface area contributed by atoms with Crippen molar-refractivity contribution < 1.29 is 20.1 Å². The third-order valence-electron chi connectivity index (χ3n) is 8.21. The number of aliphatic hydroxyl groups excluding tert-OH is 3. The molecule has 0 fully saturated rings. The van der Waals surface area contributed by atoms with Gasteiger partial charge in [-0.3, -0.25) is 4.79 Å². The molecule has 0 radical (unpaired) electrons. The van der Waals surface area contributed by atoms with Crippen LogP contribution in [0.3, 0.4) is 0 Å². The molecule has 0 heterocycles. The van der Waals surface area contributed by atoms with Crippen molar-refractivity contribution in [1.82, 2.24) is 5.32 Å². The first kappa shape index (κ1) is 38.4. The highest BCUT2D eigenvalue weighted by atomic mass is 16.3. The van der Waals surface area contributed by atoms with Gasteiger partial charge in [-0.2, -0.15) is 0 Å². The average Bonchev–Trinajstić information content (AvgIpc) is 2.94. The second-order valence-electron chi connectivity index (χ2n) is 12.1. The molecule has 0 bridgehead atoms. The van der Waals surface area contributed by atoms with Crippen LogP contribution < -0.4 is 5.32 Å². The van der Waals surface area contributed by atoms with Crippen LogP contribution in [0.2, 0.25) is 0 Å². The van der Waals surface area contributed by atoms with E-state index >= 15 is 0 Å². The molecule has 234 valence electrons. The molecule has 0 saturated heterocycles. The molecule has 0 unspecified atom stereocenters. The van der Waals surface area contributed by atoms with Gasteiger partial charge in [0, 0.05) is 6.42 Å². The number of aliphatic hydroxyl groups is 3. The number of unbranched alkanes of at least 4 members (excludes halogenated alkanes) is 23. The fourth-order valence-corrected chi connectivity index (χ4v) is 5.45. The van der Waals surface area contributed by atoms with Crippen molar-refractivity contribution in [1.29, 1.82) is 0 Å². The number of nitrogens with one attached hydrogen (secondary N) is 1. The second-order valence-corrected chi connectivity index (χ2v) is 12.1. The van der Waals surface area contributed by atoms with E-state index in [2.05, 4.69) is 19.2 Å². The van der Waals surface area contributed by atoms with E-state index in [0.717, 1.165) is 38.5 Å². The molecule has 1 amide bonds. The fourth-order valence-electron chi connectivity index (χ4n) is 5.45. The molecule has 0 saturated carbocycles. The van der Waals surface area contributed by atoms with Crippen molar-refractivity contribution in [3.05, 3.63) is 0 Å². The van der Waals surface area contributed by atoms with Crippen LogP contribution in [0.25, 0.3) is 0 Å².